The second-order valence-corrected chi connectivity index (χ2v) is 4.60. The fourth-order valence-electron chi connectivity index (χ4n) is 1.17. The molecular formula is C10H16N2O2. The van der Waals surface area contributed by atoms with Crippen LogP contribution in [0.3, 0.4) is 0 Å². The maximum atomic E-state index is 10.7. The number of anilines is 1. The lowest BCUT2D eigenvalue weighted by Crippen LogP contribution is -2.09. The molecule has 0 aliphatic rings. The van der Waals surface area contributed by atoms with Crippen LogP contribution in [0.1, 0.15) is 33.4 Å². The Labute approximate surface area is 83.7 Å². The Morgan fingerprint density at radius 1 is 1.57 bits per heavy atom. The van der Waals surface area contributed by atoms with E-state index in [1.54, 1.807) is 6.07 Å². The number of rotatable bonds is 2. The minimum atomic E-state index is -0.150. The van der Waals surface area contributed by atoms with E-state index in [-0.39, 0.29) is 11.3 Å². The zero-order valence-corrected chi connectivity index (χ0v) is 9.05. The fraction of sp³-hybridized carbons (Fsp3) is 0.600. The van der Waals surface area contributed by atoms with Crippen LogP contribution in [-0.2, 0) is 11.2 Å². The Bertz CT molecular complexity index is 323. The van der Waals surface area contributed by atoms with E-state index in [1.165, 1.54) is 6.92 Å². The van der Waals surface area contributed by atoms with Crippen molar-refractivity contribution in [3.8, 4) is 0 Å². The lowest BCUT2D eigenvalue weighted by molar-refractivity contribution is -0.114. The van der Waals surface area contributed by atoms with Gasteiger partial charge >= 0.3 is 0 Å². The molecular weight excluding hydrogens is 180 g/mol. The number of aromatic nitrogens is 1. The van der Waals surface area contributed by atoms with Crippen molar-refractivity contribution in [1.29, 1.82) is 0 Å². The SMILES string of the molecule is CC(=O)Nc1cc(CC(C)(C)C)no1. The number of hydrogen-bond acceptors (Lipinski definition) is 3. The summed E-state index contributed by atoms with van der Waals surface area (Å²) in [4.78, 5) is 10.7. The first-order chi connectivity index (χ1) is 6.37. The Kier molecular flexibility index (Phi) is 2.93. The van der Waals surface area contributed by atoms with Crippen LogP contribution in [0, 0.1) is 5.41 Å². The number of hydrogen-bond donors (Lipinski definition) is 1. The van der Waals surface area contributed by atoms with Crippen LogP contribution in [0.25, 0.3) is 0 Å². The fourth-order valence-corrected chi connectivity index (χ4v) is 1.17. The largest absolute Gasteiger partial charge is 0.338 e. The van der Waals surface area contributed by atoms with Crippen molar-refractivity contribution in [1.82, 2.24) is 5.16 Å². The molecule has 1 rings (SSSR count). The molecule has 0 aromatic carbocycles. The standard InChI is InChI=1S/C10H16N2O2/c1-7(13)11-9-5-8(12-14-9)6-10(2,3)4/h5H,6H2,1-4H3,(H,11,13). The highest BCUT2D eigenvalue weighted by Crippen LogP contribution is 2.21. The van der Waals surface area contributed by atoms with E-state index in [2.05, 4.69) is 31.2 Å². The van der Waals surface area contributed by atoms with E-state index in [9.17, 15) is 4.79 Å². The Morgan fingerprint density at radius 2 is 2.21 bits per heavy atom. The zero-order valence-electron chi connectivity index (χ0n) is 9.05. The van der Waals surface area contributed by atoms with Gasteiger partial charge in [-0.05, 0) is 11.8 Å². The topological polar surface area (TPSA) is 55.1 Å². The Hall–Kier alpha value is -1.32. The number of carbonyl (C=O) groups excluding carboxylic acids is 1. The average molecular weight is 196 g/mol. The molecule has 0 spiro atoms. The first kappa shape index (κ1) is 10.8. The number of amides is 1. The molecule has 1 amide bonds. The summed E-state index contributed by atoms with van der Waals surface area (Å²) in [5.74, 6) is 0.264. The molecule has 0 saturated carbocycles. The van der Waals surface area contributed by atoms with Crippen LogP contribution in [-0.4, -0.2) is 11.1 Å². The summed E-state index contributed by atoms with van der Waals surface area (Å²) >= 11 is 0. The van der Waals surface area contributed by atoms with Gasteiger partial charge in [0, 0.05) is 13.0 Å². The molecule has 0 fully saturated rings. The summed E-state index contributed by atoms with van der Waals surface area (Å²) in [6, 6.07) is 1.76. The maximum absolute atomic E-state index is 10.7. The molecule has 4 heteroatoms. The molecule has 0 aliphatic carbocycles. The van der Waals surface area contributed by atoms with E-state index in [4.69, 9.17) is 4.52 Å². The Morgan fingerprint density at radius 3 is 2.71 bits per heavy atom. The highest BCUT2D eigenvalue weighted by atomic mass is 16.5. The van der Waals surface area contributed by atoms with Gasteiger partial charge in [-0.3, -0.25) is 10.1 Å². The van der Waals surface area contributed by atoms with Gasteiger partial charge in [-0.15, -0.1) is 0 Å². The smallest absolute Gasteiger partial charge is 0.231 e. The predicted octanol–water partition coefficient (Wildman–Crippen LogP) is 2.22. The van der Waals surface area contributed by atoms with Gasteiger partial charge in [0.2, 0.25) is 11.8 Å². The molecule has 1 aromatic heterocycles. The monoisotopic (exact) mass is 196 g/mol. The van der Waals surface area contributed by atoms with Crippen LogP contribution in [0.2, 0.25) is 0 Å². The number of nitrogens with one attached hydrogen (secondary N) is 1. The quantitative estimate of drug-likeness (QED) is 0.789. The van der Waals surface area contributed by atoms with Gasteiger partial charge in [-0.2, -0.15) is 0 Å². The summed E-state index contributed by atoms with van der Waals surface area (Å²) in [6.07, 6.45) is 0.829. The van der Waals surface area contributed by atoms with Crippen molar-refractivity contribution in [2.45, 2.75) is 34.1 Å². The van der Waals surface area contributed by atoms with Crippen molar-refractivity contribution in [3.05, 3.63) is 11.8 Å². The van der Waals surface area contributed by atoms with Gasteiger partial charge in [0.05, 0.1) is 5.69 Å². The van der Waals surface area contributed by atoms with E-state index >= 15 is 0 Å². The van der Waals surface area contributed by atoms with E-state index in [0.717, 1.165) is 12.1 Å². The van der Waals surface area contributed by atoms with Gasteiger partial charge in [-0.25, -0.2) is 0 Å². The van der Waals surface area contributed by atoms with Crippen LogP contribution < -0.4 is 5.32 Å². The average Bonchev–Trinajstić information content (AvgIpc) is 2.30. The maximum Gasteiger partial charge on any atom is 0.231 e. The van der Waals surface area contributed by atoms with Crippen LogP contribution in [0.5, 0.6) is 0 Å². The molecule has 0 saturated heterocycles. The number of carbonyl (C=O) groups is 1. The first-order valence-corrected chi connectivity index (χ1v) is 4.60. The highest BCUT2D eigenvalue weighted by molar-refractivity contribution is 5.87. The molecule has 4 nitrogen and oxygen atoms in total. The summed E-state index contributed by atoms with van der Waals surface area (Å²) in [5.41, 5.74) is 1.03. The molecule has 1 N–H and O–H groups in total. The van der Waals surface area contributed by atoms with E-state index in [0.29, 0.717) is 5.88 Å². The predicted molar refractivity (Wildman–Crippen MR) is 54.0 cm³/mol. The normalized spacial score (nSPS) is 11.4. The van der Waals surface area contributed by atoms with E-state index < -0.39 is 0 Å². The van der Waals surface area contributed by atoms with Gasteiger partial charge in [-0.1, -0.05) is 25.9 Å². The highest BCUT2D eigenvalue weighted by Gasteiger charge is 2.14. The molecule has 0 bridgehead atoms. The molecule has 14 heavy (non-hydrogen) atoms. The van der Waals surface area contributed by atoms with Gasteiger partial charge in [0.1, 0.15) is 0 Å². The molecule has 1 aromatic rings. The van der Waals surface area contributed by atoms with Crippen molar-refractivity contribution in [3.63, 3.8) is 0 Å². The third kappa shape index (κ3) is 3.60. The minimum Gasteiger partial charge on any atom is -0.338 e. The Balaban J connectivity index is 2.64. The second-order valence-electron chi connectivity index (χ2n) is 4.60. The van der Waals surface area contributed by atoms with Gasteiger partial charge in [0.25, 0.3) is 0 Å². The van der Waals surface area contributed by atoms with Crippen molar-refractivity contribution in [2.75, 3.05) is 5.32 Å². The van der Waals surface area contributed by atoms with Crippen LogP contribution in [0.15, 0.2) is 10.6 Å². The number of nitrogens with zero attached hydrogens (tertiary/aromatic N) is 1. The summed E-state index contributed by atoms with van der Waals surface area (Å²) < 4.78 is 4.94. The minimum absolute atomic E-state index is 0.150. The lowest BCUT2D eigenvalue weighted by Gasteiger charge is -2.14. The summed E-state index contributed by atoms with van der Waals surface area (Å²) in [7, 11) is 0. The summed E-state index contributed by atoms with van der Waals surface area (Å²) in [5, 5.41) is 6.41. The molecule has 0 atom stereocenters. The zero-order chi connectivity index (χ0) is 10.8. The van der Waals surface area contributed by atoms with Crippen molar-refractivity contribution in [2.24, 2.45) is 5.41 Å². The third-order valence-corrected chi connectivity index (χ3v) is 1.57. The third-order valence-electron chi connectivity index (χ3n) is 1.57. The van der Waals surface area contributed by atoms with E-state index in [1.807, 2.05) is 0 Å². The lowest BCUT2D eigenvalue weighted by atomic mass is 9.91. The molecule has 78 valence electrons. The van der Waals surface area contributed by atoms with Crippen LogP contribution >= 0.6 is 0 Å². The van der Waals surface area contributed by atoms with Crippen molar-refractivity contribution >= 4 is 11.8 Å². The molecule has 0 radical (unpaired) electrons. The van der Waals surface area contributed by atoms with Crippen LogP contribution in [0.4, 0.5) is 5.88 Å². The van der Waals surface area contributed by atoms with Crippen molar-refractivity contribution < 1.29 is 9.32 Å². The second kappa shape index (κ2) is 3.82. The van der Waals surface area contributed by atoms with Gasteiger partial charge < -0.3 is 4.52 Å². The van der Waals surface area contributed by atoms with Gasteiger partial charge in [0.15, 0.2) is 0 Å². The molecule has 1 heterocycles. The summed E-state index contributed by atoms with van der Waals surface area (Å²) in [6.45, 7) is 7.81. The molecule has 0 aliphatic heterocycles. The molecule has 0 unspecified atom stereocenters. The first-order valence-electron chi connectivity index (χ1n) is 4.60.